The third-order valence-corrected chi connectivity index (χ3v) is 5.23. The first-order valence-electron chi connectivity index (χ1n) is 10.2. The number of pyridine rings is 1. The van der Waals surface area contributed by atoms with Gasteiger partial charge < -0.3 is 21.7 Å². The van der Waals surface area contributed by atoms with Gasteiger partial charge in [0, 0.05) is 56.3 Å². The lowest BCUT2D eigenvalue weighted by Gasteiger charge is -2.27. The summed E-state index contributed by atoms with van der Waals surface area (Å²) in [5, 5.41) is 3.28. The molecule has 0 aliphatic carbocycles. The van der Waals surface area contributed by atoms with Crippen LogP contribution in [0.5, 0.6) is 0 Å². The Balaban J connectivity index is 1.43. The second-order valence-corrected chi connectivity index (χ2v) is 7.37. The molecule has 1 unspecified atom stereocenters. The summed E-state index contributed by atoms with van der Waals surface area (Å²) in [5.74, 6) is 0.281. The van der Waals surface area contributed by atoms with Crippen LogP contribution >= 0.6 is 0 Å². The number of hydrogen-bond acceptors (Lipinski definition) is 9. The van der Waals surface area contributed by atoms with E-state index in [-0.39, 0.29) is 23.4 Å². The van der Waals surface area contributed by atoms with E-state index >= 15 is 0 Å². The maximum absolute atomic E-state index is 12.5. The smallest absolute Gasteiger partial charge is 0.298 e. The Hall–Kier alpha value is -3.99. The summed E-state index contributed by atoms with van der Waals surface area (Å²) in [6.45, 7) is 5.34. The molecule has 3 aromatic heterocycles. The minimum Gasteiger partial charge on any atom is -0.387 e. The van der Waals surface area contributed by atoms with E-state index in [2.05, 4.69) is 40.1 Å². The molecule has 32 heavy (non-hydrogen) atoms. The zero-order valence-electron chi connectivity index (χ0n) is 17.6. The van der Waals surface area contributed by atoms with Crippen molar-refractivity contribution in [2.75, 3.05) is 36.8 Å². The first-order chi connectivity index (χ1) is 15.5. The Morgan fingerprint density at radius 3 is 2.41 bits per heavy atom. The lowest BCUT2D eigenvalue weighted by molar-refractivity contribution is 0.0997. The first-order valence-corrected chi connectivity index (χ1v) is 10.2. The van der Waals surface area contributed by atoms with Gasteiger partial charge >= 0.3 is 0 Å². The standard InChI is InChI=1S/C21H24N10O/c1-13(14-2-3-16(25-8-14)15-9-28-21(23)29-10-15)19(22)30-20(32)17-11-27-18(12-26-17)31-6-4-24-5-7-31/h2-3,8-13,24H,4-7H2,1H3,(H2,22,30,32)(H2,23,28,29). The number of aromatic nitrogens is 5. The Bertz CT molecular complexity index is 1090. The van der Waals surface area contributed by atoms with Gasteiger partial charge in [0.1, 0.15) is 17.3 Å². The van der Waals surface area contributed by atoms with Gasteiger partial charge in [-0.1, -0.05) is 13.0 Å². The fourth-order valence-corrected chi connectivity index (χ4v) is 3.23. The number of amides is 1. The molecule has 1 aliphatic rings. The van der Waals surface area contributed by atoms with E-state index in [1.165, 1.54) is 6.20 Å². The van der Waals surface area contributed by atoms with Gasteiger partial charge in [0.05, 0.1) is 18.1 Å². The summed E-state index contributed by atoms with van der Waals surface area (Å²) in [6.07, 6.45) is 7.93. The second-order valence-electron chi connectivity index (χ2n) is 7.37. The predicted octanol–water partition coefficient (Wildman–Crippen LogP) is 0.622. The highest BCUT2D eigenvalue weighted by Gasteiger charge is 2.16. The minimum atomic E-state index is -0.530. The zero-order chi connectivity index (χ0) is 22.5. The highest BCUT2D eigenvalue weighted by molar-refractivity contribution is 6.03. The minimum absolute atomic E-state index is 0.149. The average molecular weight is 432 g/mol. The molecule has 0 spiro atoms. The van der Waals surface area contributed by atoms with Crippen LogP contribution in [0.1, 0.15) is 28.9 Å². The molecular formula is C21H24N10O. The number of carbonyl (C=O) groups excluding carboxylic acids is 1. The van der Waals surface area contributed by atoms with E-state index in [0.717, 1.165) is 43.1 Å². The van der Waals surface area contributed by atoms with Crippen LogP contribution in [-0.2, 0) is 0 Å². The number of amidine groups is 1. The molecule has 4 heterocycles. The summed E-state index contributed by atoms with van der Waals surface area (Å²) in [6, 6.07) is 3.70. The molecule has 1 fully saturated rings. The second kappa shape index (κ2) is 9.43. The molecule has 1 aliphatic heterocycles. The van der Waals surface area contributed by atoms with Crippen molar-refractivity contribution in [3.8, 4) is 11.3 Å². The summed E-state index contributed by atoms with van der Waals surface area (Å²) in [4.78, 5) is 39.6. The third kappa shape index (κ3) is 4.83. The monoisotopic (exact) mass is 432 g/mol. The summed E-state index contributed by atoms with van der Waals surface area (Å²) in [5.41, 5.74) is 14.0. The summed E-state index contributed by atoms with van der Waals surface area (Å²) in [7, 11) is 0. The molecule has 11 heteroatoms. The number of rotatable bonds is 5. The number of nitrogens with two attached hydrogens (primary N) is 2. The molecule has 0 bridgehead atoms. The van der Waals surface area contributed by atoms with Crippen molar-refractivity contribution >= 4 is 23.5 Å². The van der Waals surface area contributed by atoms with Crippen molar-refractivity contribution in [1.29, 1.82) is 0 Å². The molecule has 1 atom stereocenters. The quantitative estimate of drug-likeness (QED) is 0.385. The van der Waals surface area contributed by atoms with Gasteiger partial charge in [-0.3, -0.25) is 9.78 Å². The van der Waals surface area contributed by atoms with Crippen LogP contribution in [0.4, 0.5) is 11.8 Å². The van der Waals surface area contributed by atoms with Crippen molar-refractivity contribution in [3.05, 3.63) is 54.4 Å². The highest BCUT2D eigenvalue weighted by atomic mass is 16.1. The highest BCUT2D eigenvalue weighted by Crippen LogP contribution is 2.20. The Labute approximate surface area is 185 Å². The molecule has 164 valence electrons. The molecule has 0 radical (unpaired) electrons. The number of hydrogen-bond donors (Lipinski definition) is 3. The third-order valence-electron chi connectivity index (χ3n) is 5.23. The van der Waals surface area contributed by atoms with Crippen molar-refractivity contribution in [3.63, 3.8) is 0 Å². The maximum atomic E-state index is 12.5. The number of piperazine rings is 1. The lowest BCUT2D eigenvalue weighted by Crippen LogP contribution is -2.43. The van der Waals surface area contributed by atoms with E-state index in [4.69, 9.17) is 11.5 Å². The SMILES string of the molecule is CC(C(N)=NC(=O)c1cnc(N2CCNCC2)cn1)c1ccc(-c2cnc(N)nc2)nc1. The van der Waals surface area contributed by atoms with Gasteiger partial charge in [0.2, 0.25) is 5.95 Å². The van der Waals surface area contributed by atoms with Crippen LogP contribution in [0.25, 0.3) is 11.3 Å². The van der Waals surface area contributed by atoms with Crippen molar-refractivity contribution < 1.29 is 4.79 Å². The molecule has 1 saturated heterocycles. The van der Waals surface area contributed by atoms with E-state index in [1.807, 2.05) is 19.1 Å². The van der Waals surface area contributed by atoms with Gasteiger partial charge in [0.25, 0.3) is 5.91 Å². The number of carbonyl (C=O) groups is 1. The van der Waals surface area contributed by atoms with Crippen LogP contribution < -0.4 is 21.7 Å². The van der Waals surface area contributed by atoms with E-state index in [9.17, 15) is 4.79 Å². The normalized spacial score (nSPS) is 15.4. The van der Waals surface area contributed by atoms with Gasteiger partial charge in [-0.05, 0) is 11.6 Å². The molecule has 1 amide bonds. The van der Waals surface area contributed by atoms with Crippen LogP contribution in [-0.4, -0.2) is 62.8 Å². The molecule has 11 nitrogen and oxygen atoms in total. The molecule has 0 saturated carbocycles. The Morgan fingerprint density at radius 1 is 1.03 bits per heavy atom. The largest absolute Gasteiger partial charge is 0.387 e. The van der Waals surface area contributed by atoms with E-state index in [1.54, 1.807) is 24.8 Å². The van der Waals surface area contributed by atoms with Crippen LogP contribution in [0.3, 0.4) is 0 Å². The van der Waals surface area contributed by atoms with Gasteiger partial charge in [-0.2, -0.15) is 4.99 Å². The van der Waals surface area contributed by atoms with Crippen molar-refractivity contribution in [1.82, 2.24) is 30.2 Å². The number of nitrogens with zero attached hydrogens (tertiary/aromatic N) is 7. The Kier molecular flexibility index (Phi) is 6.26. The van der Waals surface area contributed by atoms with Crippen LogP contribution in [0.15, 0.2) is 48.1 Å². The average Bonchev–Trinajstić information content (AvgIpc) is 2.85. The fourth-order valence-electron chi connectivity index (χ4n) is 3.23. The van der Waals surface area contributed by atoms with Gasteiger partial charge in [0.15, 0.2) is 0 Å². The molecule has 4 rings (SSSR count). The number of aliphatic imine (C=N–C) groups is 1. The maximum Gasteiger partial charge on any atom is 0.298 e. The van der Waals surface area contributed by atoms with Gasteiger partial charge in [-0.15, -0.1) is 0 Å². The predicted molar refractivity (Wildman–Crippen MR) is 121 cm³/mol. The lowest BCUT2D eigenvalue weighted by atomic mass is 10.0. The number of nitrogen functional groups attached to an aromatic ring is 1. The summed E-state index contributed by atoms with van der Waals surface area (Å²) < 4.78 is 0. The molecule has 0 aromatic carbocycles. The van der Waals surface area contributed by atoms with E-state index < -0.39 is 5.91 Å². The topological polar surface area (TPSA) is 161 Å². The van der Waals surface area contributed by atoms with E-state index in [0.29, 0.717) is 5.69 Å². The molecule has 3 aromatic rings. The number of nitrogens with one attached hydrogen (secondary N) is 1. The molecular weight excluding hydrogens is 408 g/mol. The molecule has 5 N–H and O–H groups in total. The Morgan fingerprint density at radius 2 is 1.78 bits per heavy atom. The zero-order valence-corrected chi connectivity index (χ0v) is 17.6. The fraction of sp³-hybridized carbons (Fsp3) is 0.286. The van der Waals surface area contributed by atoms with Crippen LogP contribution in [0.2, 0.25) is 0 Å². The van der Waals surface area contributed by atoms with Crippen LogP contribution in [0, 0.1) is 0 Å². The van der Waals surface area contributed by atoms with Crippen molar-refractivity contribution in [2.24, 2.45) is 10.7 Å². The summed E-state index contributed by atoms with van der Waals surface area (Å²) >= 11 is 0. The first kappa shape index (κ1) is 21.2. The van der Waals surface area contributed by atoms with Gasteiger partial charge in [-0.25, -0.2) is 19.9 Å². The van der Waals surface area contributed by atoms with Crippen molar-refractivity contribution in [2.45, 2.75) is 12.8 Å². The number of anilines is 2.